The number of hydrogen-bond donors (Lipinski definition) is 1. The van der Waals surface area contributed by atoms with Crippen LogP contribution in [0.1, 0.15) is 44.6 Å². The number of benzene rings is 2. The molecule has 1 N–H and O–H groups in total. The number of aromatic hydroxyl groups is 1. The van der Waals surface area contributed by atoms with Gasteiger partial charge < -0.3 is 9.84 Å². The standard InChI is InChI=1S/C31H31BrN2O6/c1-4-12-33-27(36)19-11-10-18-20(24(19)29(33)38)15-21-28(37)34(17-8-6-5-7-9-17)30(39)31(21,2)25(18)16-13-22(32)26(35)23(14-16)40-3/h5-10,13-14,19-21,24-25,35H,4,11-12,15H2,1-3H3. The number of halogens is 1. The Morgan fingerprint density at radius 1 is 1.05 bits per heavy atom. The van der Waals surface area contributed by atoms with E-state index < -0.39 is 29.1 Å². The summed E-state index contributed by atoms with van der Waals surface area (Å²) in [6.07, 6.45) is 3.41. The lowest BCUT2D eigenvalue weighted by Crippen LogP contribution is -2.48. The second-order valence-corrected chi connectivity index (χ2v) is 12.2. The van der Waals surface area contributed by atoms with Gasteiger partial charge in [-0.1, -0.05) is 36.8 Å². The van der Waals surface area contributed by atoms with Crippen LogP contribution >= 0.6 is 15.9 Å². The molecule has 1 saturated carbocycles. The number of hydrogen-bond acceptors (Lipinski definition) is 6. The number of likely N-dealkylation sites (tertiary alicyclic amines) is 1. The molecule has 2 aliphatic carbocycles. The van der Waals surface area contributed by atoms with Gasteiger partial charge in [0.15, 0.2) is 11.5 Å². The van der Waals surface area contributed by atoms with E-state index in [0.29, 0.717) is 41.5 Å². The number of fused-ring (bicyclic) bond motifs is 4. The Morgan fingerprint density at radius 2 is 1.77 bits per heavy atom. The number of carbonyl (C=O) groups is 4. The van der Waals surface area contributed by atoms with Crippen molar-refractivity contribution in [1.82, 2.24) is 4.90 Å². The first kappa shape index (κ1) is 26.7. The minimum absolute atomic E-state index is 0.0653. The number of anilines is 1. The number of amides is 4. The van der Waals surface area contributed by atoms with E-state index in [-0.39, 0.29) is 41.0 Å². The van der Waals surface area contributed by atoms with Crippen LogP contribution < -0.4 is 9.64 Å². The van der Waals surface area contributed by atoms with Crippen molar-refractivity contribution in [3.05, 3.63) is 64.1 Å². The van der Waals surface area contributed by atoms with Crippen LogP contribution in [-0.4, -0.2) is 47.3 Å². The molecule has 6 unspecified atom stereocenters. The van der Waals surface area contributed by atoms with Crippen molar-refractivity contribution in [1.29, 1.82) is 0 Å². The average Bonchev–Trinajstić information content (AvgIpc) is 3.30. The smallest absolute Gasteiger partial charge is 0.241 e. The predicted molar refractivity (Wildman–Crippen MR) is 150 cm³/mol. The van der Waals surface area contributed by atoms with Crippen molar-refractivity contribution in [3.63, 3.8) is 0 Å². The zero-order valence-corrected chi connectivity index (χ0v) is 24.2. The number of carbonyl (C=O) groups excluding carboxylic acids is 4. The van der Waals surface area contributed by atoms with Crippen molar-refractivity contribution in [2.24, 2.45) is 29.1 Å². The van der Waals surface area contributed by atoms with E-state index in [0.717, 1.165) is 5.57 Å². The third-order valence-corrected chi connectivity index (χ3v) is 10.0. The summed E-state index contributed by atoms with van der Waals surface area (Å²) >= 11 is 3.43. The monoisotopic (exact) mass is 606 g/mol. The molecule has 4 amide bonds. The molecule has 8 nitrogen and oxygen atoms in total. The van der Waals surface area contributed by atoms with Crippen LogP contribution in [0.4, 0.5) is 5.69 Å². The van der Waals surface area contributed by atoms with Gasteiger partial charge in [0, 0.05) is 12.5 Å². The van der Waals surface area contributed by atoms with E-state index in [1.165, 1.54) is 16.9 Å². The van der Waals surface area contributed by atoms with Crippen molar-refractivity contribution in [2.45, 2.75) is 39.0 Å². The third-order valence-electron chi connectivity index (χ3n) is 9.43. The molecule has 2 aromatic carbocycles. The van der Waals surface area contributed by atoms with Gasteiger partial charge in [-0.15, -0.1) is 0 Å². The Bertz CT molecular complexity index is 1470. The molecule has 208 valence electrons. The van der Waals surface area contributed by atoms with E-state index in [9.17, 15) is 24.3 Å². The molecule has 2 heterocycles. The summed E-state index contributed by atoms with van der Waals surface area (Å²) in [6, 6.07) is 12.4. The Balaban J connectivity index is 1.54. The highest BCUT2D eigenvalue weighted by molar-refractivity contribution is 9.10. The summed E-state index contributed by atoms with van der Waals surface area (Å²) in [7, 11) is 1.45. The Kier molecular flexibility index (Phi) is 6.40. The lowest BCUT2D eigenvalue weighted by atomic mass is 9.51. The predicted octanol–water partition coefficient (Wildman–Crippen LogP) is 4.80. The lowest BCUT2D eigenvalue weighted by molar-refractivity contribution is -0.140. The minimum atomic E-state index is -1.15. The van der Waals surface area contributed by atoms with Crippen molar-refractivity contribution >= 4 is 45.2 Å². The highest BCUT2D eigenvalue weighted by Crippen LogP contribution is 2.64. The molecule has 2 aromatic rings. The maximum absolute atomic E-state index is 14.4. The molecule has 40 heavy (non-hydrogen) atoms. The molecule has 4 aliphatic rings. The van der Waals surface area contributed by atoms with Gasteiger partial charge in [-0.25, -0.2) is 4.90 Å². The maximum atomic E-state index is 14.4. The first-order chi connectivity index (χ1) is 19.1. The molecule has 0 bridgehead atoms. The number of methoxy groups -OCH3 is 1. The Labute approximate surface area is 241 Å². The number of para-hydroxylation sites is 1. The second kappa shape index (κ2) is 9.58. The van der Waals surface area contributed by atoms with E-state index in [1.54, 1.807) is 36.4 Å². The van der Waals surface area contributed by atoms with Crippen LogP contribution in [0, 0.1) is 29.1 Å². The van der Waals surface area contributed by atoms with Crippen LogP contribution in [0.15, 0.2) is 58.6 Å². The van der Waals surface area contributed by atoms with Gasteiger partial charge in [0.1, 0.15) is 0 Å². The van der Waals surface area contributed by atoms with Gasteiger partial charge in [0.2, 0.25) is 23.6 Å². The van der Waals surface area contributed by atoms with Crippen molar-refractivity contribution in [2.75, 3.05) is 18.6 Å². The number of phenolic OH excluding ortho intramolecular Hbond substituents is 1. The van der Waals surface area contributed by atoms with Gasteiger partial charge in [-0.2, -0.15) is 0 Å². The summed E-state index contributed by atoms with van der Waals surface area (Å²) in [5.41, 5.74) is 0.947. The maximum Gasteiger partial charge on any atom is 0.241 e. The zero-order valence-electron chi connectivity index (χ0n) is 22.6. The number of ether oxygens (including phenoxy) is 1. The van der Waals surface area contributed by atoms with Gasteiger partial charge in [-0.05, 0) is 77.9 Å². The molecule has 0 aromatic heterocycles. The van der Waals surface area contributed by atoms with E-state index in [4.69, 9.17) is 4.74 Å². The van der Waals surface area contributed by atoms with E-state index in [1.807, 2.05) is 26.0 Å². The molecule has 2 aliphatic heterocycles. The fraction of sp³-hybridized carbons (Fsp3) is 0.419. The molecule has 2 saturated heterocycles. The summed E-state index contributed by atoms with van der Waals surface area (Å²) in [4.78, 5) is 58.1. The molecule has 0 radical (unpaired) electrons. The molecule has 6 atom stereocenters. The summed E-state index contributed by atoms with van der Waals surface area (Å²) in [5, 5.41) is 10.6. The topological polar surface area (TPSA) is 104 Å². The second-order valence-electron chi connectivity index (χ2n) is 11.4. The quantitative estimate of drug-likeness (QED) is 0.387. The number of allylic oxidation sites excluding steroid dienone is 2. The Morgan fingerprint density at radius 3 is 2.45 bits per heavy atom. The van der Waals surface area contributed by atoms with E-state index in [2.05, 4.69) is 15.9 Å². The van der Waals surface area contributed by atoms with Crippen LogP contribution in [0.2, 0.25) is 0 Å². The highest BCUT2D eigenvalue weighted by Gasteiger charge is 2.67. The fourth-order valence-electron chi connectivity index (χ4n) is 7.64. The largest absolute Gasteiger partial charge is 0.503 e. The number of rotatable bonds is 5. The summed E-state index contributed by atoms with van der Waals surface area (Å²) < 4.78 is 5.85. The van der Waals surface area contributed by atoms with Crippen molar-refractivity contribution in [3.8, 4) is 11.5 Å². The first-order valence-electron chi connectivity index (χ1n) is 13.7. The lowest BCUT2D eigenvalue weighted by Gasteiger charge is -2.49. The zero-order chi connectivity index (χ0) is 28.5. The van der Waals surface area contributed by atoms with Gasteiger partial charge in [-0.3, -0.25) is 24.1 Å². The van der Waals surface area contributed by atoms with Crippen LogP contribution in [-0.2, 0) is 19.2 Å². The number of phenols is 1. The number of imide groups is 2. The van der Waals surface area contributed by atoms with Gasteiger partial charge >= 0.3 is 0 Å². The van der Waals surface area contributed by atoms with Crippen molar-refractivity contribution < 1.29 is 29.0 Å². The molecule has 6 rings (SSSR count). The van der Waals surface area contributed by atoms with Gasteiger partial charge in [0.05, 0.1) is 40.4 Å². The third kappa shape index (κ3) is 3.56. The molecular formula is C31H31BrN2O6. The molecular weight excluding hydrogens is 576 g/mol. The van der Waals surface area contributed by atoms with Crippen LogP contribution in [0.5, 0.6) is 11.5 Å². The van der Waals surface area contributed by atoms with Crippen LogP contribution in [0.3, 0.4) is 0 Å². The average molecular weight is 608 g/mol. The highest BCUT2D eigenvalue weighted by atomic mass is 79.9. The fourth-order valence-corrected chi connectivity index (χ4v) is 8.10. The number of nitrogens with zero attached hydrogens (tertiary/aromatic N) is 2. The first-order valence-corrected chi connectivity index (χ1v) is 14.5. The molecule has 0 spiro atoms. The summed E-state index contributed by atoms with van der Waals surface area (Å²) in [6.45, 7) is 4.15. The van der Waals surface area contributed by atoms with E-state index >= 15 is 0 Å². The summed E-state index contributed by atoms with van der Waals surface area (Å²) in [5.74, 6) is -3.43. The Hall–Kier alpha value is -3.46. The normalized spacial score (nSPS) is 31.2. The van der Waals surface area contributed by atoms with Crippen LogP contribution in [0.25, 0.3) is 0 Å². The minimum Gasteiger partial charge on any atom is -0.503 e. The van der Waals surface area contributed by atoms with Gasteiger partial charge in [0.25, 0.3) is 0 Å². The SMILES string of the molecule is CCCN1C(=O)C2CC=C3C(CC4C(=O)N(c5ccccc5)C(=O)C4(C)C3c3cc(Br)c(O)c(OC)c3)C2C1=O. The molecule has 9 heteroatoms. The molecule has 3 fully saturated rings.